The van der Waals surface area contributed by atoms with Gasteiger partial charge in [-0.1, -0.05) is 37.3 Å². The third-order valence-corrected chi connectivity index (χ3v) is 5.26. The number of anilines is 2. The number of hydrogen-bond donors (Lipinski definition) is 3. The molecule has 1 heterocycles. The smallest absolute Gasteiger partial charge is 0.263 e. The molecule has 8 heteroatoms. The average Bonchev–Trinajstić information content (AvgIpc) is 2.66. The number of aromatic nitrogens is 2. The summed E-state index contributed by atoms with van der Waals surface area (Å²) in [5, 5.41) is 12.5. The standard InChI is InChI=1S/C18H20N4O3S/c1-2-13(12-23)19-17-18(21-16-11-7-6-10-15(16)20-17)22-26(24,25)14-8-4-3-5-9-14/h3-11,13,23H,2,12H2,1H3,(H,19,20)(H,21,22)/t13-/m1/s1. The largest absolute Gasteiger partial charge is 0.394 e. The molecular weight excluding hydrogens is 352 g/mol. The predicted molar refractivity (Wildman–Crippen MR) is 102 cm³/mol. The van der Waals surface area contributed by atoms with Crippen molar-refractivity contribution in [1.29, 1.82) is 0 Å². The highest BCUT2D eigenvalue weighted by atomic mass is 32.2. The Balaban J connectivity index is 2.05. The first-order valence-electron chi connectivity index (χ1n) is 8.25. The molecular formula is C18H20N4O3S. The molecule has 0 aliphatic heterocycles. The van der Waals surface area contributed by atoms with Gasteiger partial charge >= 0.3 is 0 Å². The van der Waals surface area contributed by atoms with Gasteiger partial charge in [0, 0.05) is 0 Å². The van der Waals surface area contributed by atoms with E-state index in [1.54, 1.807) is 30.3 Å². The number of fused-ring (bicyclic) bond motifs is 1. The number of aliphatic hydroxyl groups is 1. The Hall–Kier alpha value is -2.71. The Morgan fingerprint density at radius 1 is 0.962 bits per heavy atom. The van der Waals surface area contributed by atoms with E-state index in [2.05, 4.69) is 20.0 Å². The van der Waals surface area contributed by atoms with Gasteiger partial charge < -0.3 is 10.4 Å². The number of nitrogens with zero attached hydrogens (tertiary/aromatic N) is 2. The van der Waals surface area contributed by atoms with Crippen LogP contribution in [0.25, 0.3) is 11.0 Å². The van der Waals surface area contributed by atoms with E-state index in [0.717, 1.165) is 0 Å². The molecule has 1 aromatic heterocycles. The first-order valence-corrected chi connectivity index (χ1v) is 9.74. The summed E-state index contributed by atoms with van der Waals surface area (Å²) in [6.45, 7) is 1.81. The van der Waals surface area contributed by atoms with E-state index in [0.29, 0.717) is 17.5 Å². The number of aliphatic hydroxyl groups excluding tert-OH is 1. The molecule has 1 atom stereocenters. The second kappa shape index (κ2) is 7.67. The van der Waals surface area contributed by atoms with E-state index in [-0.39, 0.29) is 29.2 Å². The van der Waals surface area contributed by atoms with Crippen LogP contribution in [0.15, 0.2) is 59.5 Å². The summed E-state index contributed by atoms with van der Waals surface area (Å²) in [5.74, 6) is 0.378. The van der Waals surface area contributed by atoms with Gasteiger partial charge in [0.1, 0.15) is 0 Å². The topological polar surface area (TPSA) is 104 Å². The zero-order chi connectivity index (χ0) is 18.6. The highest BCUT2D eigenvalue weighted by molar-refractivity contribution is 7.92. The minimum absolute atomic E-state index is 0.0967. The van der Waals surface area contributed by atoms with Crippen LogP contribution in [0.5, 0.6) is 0 Å². The van der Waals surface area contributed by atoms with Crippen molar-refractivity contribution in [3.63, 3.8) is 0 Å². The third-order valence-electron chi connectivity index (χ3n) is 3.91. The molecule has 0 fully saturated rings. The summed E-state index contributed by atoms with van der Waals surface area (Å²) in [4.78, 5) is 9.02. The lowest BCUT2D eigenvalue weighted by Crippen LogP contribution is -2.25. The minimum atomic E-state index is -3.81. The molecule has 0 aliphatic rings. The lowest BCUT2D eigenvalue weighted by molar-refractivity contribution is 0.271. The summed E-state index contributed by atoms with van der Waals surface area (Å²) in [6.07, 6.45) is 0.649. The predicted octanol–water partition coefficient (Wildman–Crippen LogP) is 2.61. The van der Waals surface area contributed by atoms with Crippen LogP contribution in [0.2, 0.25) is 0 Å². The molecule has 0 aliphatic carbocycles. The van der Waals surface area contributed by atoms with Crippen LogP contribution in [0.1, 0.15) is 13.3 Å². The third kappa shape index (κ3) is 3.92. The van der Waals surface area contributed by atoms with Gasteiger partial charge in [0.2, 0.25) is 0 Å². The maximum Gasteiger partial charge on any atom is 0.263 e. The highest BCUT2D eigenvalue weighted by Gasteiger charge is 2.19. The molecule has 136 valence electrons. The van der Waals surface area contributed by atoms with E-state index in [1.165, 1.54) is 12.1 Å². The zero-order valence-electron chi connectivity index (χ0n) is 14.3. The molecule has 2 aromatic carbocycles. The fourth-order valence-corrected chi connectivity index (χ4v) is 3.46. The first-order chi connectivity index (χ1) is 12.5. The Kier molecular flexibility index (Phi) is 5.34. The number of benzene rings is 2. The van der Waals surface area contributed by atoms with Crippen LogP contribution in [0.4, 0.5) is 11.6 Å². The van der Waals surface area contributed by atoms with Gasteiger partial charge in [-0.05, 0) is 30.7 Å². The van der Waals surface area contributed by atoms with Crippen molar-refractivity contribution < 1.29 is 13.5 Å². The molecule has 0 bridgehead atoms. The Labute approximate surface area is 152 Å². The molecule has 0 spiro atoms. The molecule has 26 heavy (non-hydrogen) atoms. The van der Waals surface area contributed by atoms with Crippen molar-refractivity contribution in [3.05, 3.63) is 54.6 Å². The molecule has 0 radical (unpaired) electrons. The van der Waals surface area contributed by atoms with Gasteiger partial charge in [-0.2, -0.15) is 0 Å². The van der Waals surface area contributed by atoms with Gasteiger partial charge in [0.15, 0.2) is 11.6 Å². The molecule has 0 saturated heterocycles. The first kappa shape index (κ1) is 18.1. The fraction of sp³-hybridized carbons (Fsp3) is 0.222. The van der Waals surface area contributed by atoms with E-state index >= 15 is 0 Å². The van der Waals surface area contributed by atoms with Crippen molar-refractivity contribution in [2.45, 2.75) is 24.3 Å². The van der Waals surface area contributed by atoms with Gasteiger partial charge in [0.05, 0.1) is 28.6 Å². The van der Waals surface area contributed by atoms with Gasteiger partial charge in [-0.3, -0.25) is 4.72 Å². The van der Waals surface area contributed by atoms with Gasteiger partial charge in [0.25, 0.3) is 10.0 Å². The molecule has 3 aromatic rings. The average molecular weight is 372 g/mol. The van der Waals surface area contributed by atoms with Crippen LogP contribution < -0.4 is 10.0 Å². The summed E-state index contributed by atoms with van der Waals surface area (Å²) < 4.78 is 27.8. The van der Waals surface area contributed by atoms with Crippen molar-refractivity contribution in [3.8, 4) is 0 Å². The van der Waals surface area contributed by atoms with Crippen molar-refractivity contribution in [2.24, 2.45) is 0 Å². The van der Waals surface area contributed by atoms with E-state index in [4.69, 9.17) is 0 Å². The molecule has 0 saturated carbocycles. The molecule has 3 rings (SSSR count). The molecule has 0 amide bonds. The van der Waals surface area contributed by atoms with Crippen LogP contribution in [-0.2, 0) is 10.0 Å². The summed E-state index contributed by atoms with van der Waals surface area (Å²) in [6, 6.07) is 15.0. The number of sulfonamides is 1. The van der Waals surface area contributed by atoms with Crippen LogP contribution in [0.3, 0.4) is 0 Å². The quantitative estimate of drug-likeness (QED) is 0.589. The van der Waals surface area contributed by atoms with Crippen molar-refractivity contribution >= 4 is 32.7 Å². The van der Waals surface area contributed by atoms with Crippen LogP contribution >= 0.6 is 0 Å². The van der Waals surface area contributed by atoms with Crippen molar-refractivity contribution in [1.82, 2.24) is 9.97 Å². The van der Waals surface area contributed by atoms with E-state index in [1.807, 2.05) is 19.1 Å². The maximum absolute atomic E-state index is 12.7. The fourth-order valence-electron chi connectivity index (χ4n) is 2.43. The number of rotatable bonds is 7. The number of nitrogens with one attached hydrogen (secondary N) is 2. The van der Waals surface area contributed by atoms with Gasteiger partial charge in [-0.15, -0.1) is 0 Å². The Morgan fingerprint density at radius 3 is 2.12 bits per heavy atom. The van der Waals surface area contributed by atoms with Crippen molar-refractivity contribution in [2.75, 3.05) is 16.6 Å². The van der Waals surface area contributed by atoms with E-state index in [9.17, 15) is 13.5 Å². The lowest BCUT2D eigenvalue weighted by Gasteiger charge is -2.18. The molecule has 0 unspecified atom stereocenters. The second-order valence-electron chi connectivity index (χ2n) is 5.76. The summed E-state index contributed by atoms with van der Waals surface area (Å²) in [5.41, 5.74) is 1.20. The normalized spacial score (nSPS) is 12.7. The number of hydrogen-bond acceptors (Lipinski definition) is 6. The van der Waals surface area contributed by atoms with Crippen LogP contribution in [-0.4, -0.2) is 36.1 Å². The Morgan fingerprint density at radius 2 is 1.54 bits per heavy atom. The van der Waals surface area contributed by atoms with Gasteiger partial charge in [-0.25, -0.2) is 18.4 Å². The summed E-state index contributed by atoms with van der Waals surface area (Å²) in [7, 11) is -3.81. The number of para-hydroxylation sites is 2. The Bertz CT molecular complexity index is 990. The summed E-state index contributed by atoms with van der Waals surface area (Å²) >= 11 is 0. The lowest BCUT2D eigenvalue weighted by atomic mass is 10.2. The minimum Gasteiger partial charge on any atom is -0.394 e. The zero-order valence-corrected chi connectivity index (χ0v) is 15.1. The molecule has 3 N–H and O–H groups in total. The highest BCUT2D eigenvalue weighted by Crippen LogP contribution is 2.25. The second-order valence-corrected chi connectivity index (χ2v) is 7.44. The maximum atomic E-state index is 12.7. The SMILES string of the molecule is CC[C@H](CO)Nc1nc2ccccc2nc1NS(=O)(=O)c1ccccc1. The van der Waals surface area contributed by atoms with E-state index < -0.39 is 10.0 Å². The monoisotopic (exact) mass is 372 g/mol. The molecule has 7 nitrogen and oxygen atoms in total. The van der Waals surface area contributed by atoms with Crippen LogP contribution in [0, 0.1) is 0 Å².